The summed E-state index contributed by atoms with van der Waals surface area (Å²) >= 11 is 1.43. The van der Waals surface area contributed by atoms with Crippen molar-refractivity contribution in [3.05, 3.63) is 88.8 Å². The molecule has 5 rings (SSSR count). The predicted octanol–water partition coefficient (Wildman–Crippen LogP) is 5.18. The van der Waals surface area contributed by atoms with E-state index in [9.17, 15) is 4.79 Å². The molecule has 0 aliphatic rings. The van der Waals surface area contributed by atoms with Gasteiger partial charge in [-0.1, -0.05) is 60.3 Å². The summed E-state index contributed by atoms with van der Waals surface area (Å²) in [5.74, 6) is 0.637. The normalized spacial score (nSPS) is 11.4. The predicted molar refractivity (Wildman–Crippen MR) is 109 cm³/mol. The van der Waals surface area contributed by atoms with E-state index in [1.54, 1.807) is 6.07 Å². The molecule has 0 N–H and O–H groups in total. The monoisotopic (exact) mass is 370 g/mol. The Bertz CT molecular complexity index is 1310. The molecule has 5 heteroatoms. The van der Waals surface area contributed by atoms with Gasteiger partial charge < -0.3 is 4.42 Å². The van der Waals surface area contributed by atoms with E-state index in [4.69, 9.17) is 9.40 Å². The van der Waals surface area contributed by atoms with Crippen molar-refractivity contribution in [2.24, 2.45) is 0 Å². The van der Waals surface area contributed by atoms with E-state index in [1.165, 1.54) is 17.3 Å². The smallest absolute Gasteiger partial charge is 0.347 e. The lowest BCUT2D eigenvalue weighted by molar-refractivity contribution is 0.401. The van der Waals surface area contributed by atoms with Crippen LogP contribution >= 0.6 is 11.8 Å². The van der Waals surface area contributed by atoms with Gasteiger partial charge in [0, 0.05) is 16.5 Å². The van der Waals surface area contributed by atoms with Crippen molar-refractivity contribution in [3.63, 3.8) is 0 Å². The fourth-order valence-electron chi connectivity index (χ4n) is 3.28. The third-order valence-electron chi connectivity index (χ3n) is 4.55. The maximum absolute atomic E-state index is 12.2. The Balaban J connectivity index is 1.61. The molecule has 27 heavy (non-hydrogen) atoms. The number of benzene rings is 3. The van der Waals surface area contributed by atoms with Crippen molar-refractivity contribution in [2.75, 3.05) is 0 Å². The second kappa shape index (κ2) is 6.52. The van der Waals surface area contributed by atoms with Crippen LogP contribution in [0.15, 0.2) is 87.2 Å². The largest absolute Gasteiger partial charge is 0.397 e. The number of thioether (sulfide) groups is 1. The maximum atomic E-state index is 12.2. The average molecular weight is 370 g/mol. The van der Waals surface area contributed by atoms with E-state index in [-0.39, 0.29) is 5.63 Å². The molecule has 0 spiro atoms. The van der Waals surface area contributed by atoms with Gasteiger partial charge in [-0.25, -0.2) is 14.8 Å². The van der Waals surface area contributed by atoms with Gasteiger partial charge in [-0.2, -0.15) is 0 Å². The van der Waals surface area contributed by atoms with Gasteiger partial charge in [-0.05, 0) is 29.8 Å². The number of fused-ring (bicyclic) bond motifs is 3. The molecule has 5 aromatic rings. The maximum Gasteiger partial charge on any atom is 0.347 e. The molecule has 2 aromatic heterocycles. The van der Waals surface area contributed by atoms with Gasteiger partial charge in [0.15, 0.2) is 0 Å². The summed E-state index contributed by atoms with van der Waals surface area (Å²) in [5, 5.41) is 3.09. The van der Waals surface area contributed by atoms with E-state index in [1.807, 2.05) is 54.6 Å². The lowest BCUT2D eigenvalue weighted by atomic mass is 10.0. The molecule has 0 aliphatic heterocycles. The molecular weight excluding hydrogens is 356 g/mol. The summed E-state index contributed by atoms with van der Waals surface area (Å²) in [7, 11) is 0. The Morgan fingerprint density at radius 3 is 1.85 bits per heavy atom. The number of rotatable bonds is 3. The first-order valence-electron chi connectivity index (χ1n) is 8.59. The Labute approximate surface area is 158 Å². The zero-order valence-corrected chi connectivity index (χ0v) is 15.1. The minimum Gasteiger partial charge on any atom is -0.397 e. The molecule has 2 heterocycles. The molecule has 0 fully saturated rings. The summed E-state index contributed by atoms with van der Waals surface area (Å²) in [6, 6.07) is 23.4. The Kier molecular flexibility index (Phi) is 3.87. The first-order valence-corrected chi connectivity index (χ1v) is 9.57. The summed E-state index contributed by atoms with van der Waals surface area (Å²) in [5.41, 5.74) is 3.38. The Morgan fingerprint density at radius 1 is 0.704 bits per heavy atom. The second-order valence-electron chi connectivity index (χ2n) is 6.20. The van der Waals surface area contributed by atoms with Crippen LogP contribution in [-0.2, 0) is 5.75 Å². The molecule has 0 atom stereocenters. The standard InChI is InChI=1S/C22H14N2O2S/c25-21-16-9-3-6-12-20(16)24-22(26-21)27-13-17-14-7-1-4-10-18(14)23-19-11-5-2-8-15(17)19/h1-12H,13H2. The van der Waals surface area contributed by atoms with Gasteiger partial charge in [0.1, 0.15) is 0 Å². The van der Waals surface area contributed by atoms with E-state index >= 15 is 0 Å². The quantitative estimate of drug-likeness (QED) is 0.323. The highest BCUT2D eigenvalue weighted by Gasteiger charge is 2.12. The molecule has 3 aromatic carbocycles. The van der Waals surface area contributed by atoms with E-state index in [0.717, 1.165) is 21.8 Å². The van der Waals surface area contributed by atoms with Crippen molar-refractivity contribution >= 4 is 44.5 Å². The van der Waals surface area contributed by atoms with Crippen LogP contribution in [0.25, 0.3) is 32.7 Å². The molecule has 0 amide bonds. The molecule has 0 aliphatic carbocycles. The van der Waals surface area contributed by atoms with Crippen LogP contribution in [0.4, 0.5) is 0 Å². The van der Waals surface area contributed by atoms with Gasteiger partial charge >= 0.3 is 5.63 Å². The van der Waals surface area contributed by atoms with Gasteiger partial charge in [0.2, 0.25) is 0 Å². The van der Waals surface area contributed by atoms with Crippen molar-refractivity contribution in [3.8, 4) is 0 Å². The third kappa shape index (κ3) is 2.86. The second-order valence-corrected chi connectivity index (χ2v) is 7.12. The van der Waals surface area contributed by atoms with Crippen LogP contribution in [0.1, 0.15) is 5.56 Å². The molecule has 0 bridgehead atoms. The topological polar surface area (TPSA) is 56.0 Å². The van der Waals surface area contributed by atoms with Crippen LogP contribution in [0.2, 0.25) is 0 Å². The first kappa shape index (κ1) is 16.0. The first-order chi connectivity index (χ1) is 13.3. The fourth-order valence-corrected chi connectivity index (χ4v) is 4.15. The molecule has 0 saturated heterocycles. The van der Waals surface area contributed by atoms with Crippen LogP contribution in [0.3, 0.4) is 0 Å². The Hall–Kier alpha value is -3.18. The number of para-hydroxylation sites is 3. The zero-order chi connectivity index (χ0) is 18.2. The molecule has 0 radical (unpaired) electrons. The van der Waals surface area contributed by atoms with Crippen molar-refractivity contribution in [1.82, 2.24) is 9.97 Å². The lowest BCUT2D eigenvalue weighted by Crippen LogP contribution is -2.02. The van der Waals surface area contributed by atoms with Crippen LogP contribution in [-0.4, -0.2) is 9.97 Å². The van der Waals surface area contributed by atoms with E-state index in [0.29, 0.717) is 21.9 Å². The highest BCUT2D eigenvalue weighted by molar-refractivity contribution is 7.98. The summed E-state index contributed by atoms with van der Waals surface area (Å²) in [6.07, 6.45) is 0. The fraction of sp³-hybridized carbons (Fsp3) is 0.0455. The zero-order valence-electron chi connectivity index (χ0n) is 14.3. The molecule has 130 valence electrons. The summed E-state index contributed by atoms with van der Waals surface area (Å²) in [4.78, 5) is 21.4. The summed E-state index contributed by atoms with van der Waals surface area (Å²) in [6.45, 7) is 0. The Morgan fingerprint density at radius 2 is 1.22 bits per heavy atom. The third-order valence-corrected chi connectivity index (χ3v) is 5.41. The molecular formula is C22H14N2O2S. The van der Waals surface area contributed by atoms with Crippen LogP contribution in [0.5, 0.6) is 0 Å². The van der Waals surface area contributed by atoms with Gasteiger partial charge in [-0.15, -0.1) is 0 Å². The highest BCUT2D eigenvalue weighted by Crippen LogP contribution is 2.31. The summed E-state index contributed by atoms with van der Waals surface area (Å²) < 4.78 is 5.42. The van der Waals surface area contributed by atoms with Crippen LogP contribution < -0.4 is 5.63 Å². The van der Waals surface area contributed by atoms with E-state index in [2.05, 4.69) is 17.1 Å². The van der Waals surface area contributed by atoms with E-state index < -0.39 is 0 Å². The van der Waals surface area contributed by atoms with Gasteiger partial charge in [-0.3, -0.25) is 0 Å². The van der Waals surface area contributed by atoms with Gasteiger partial charge in [0.25, 0.3) is 5.22 Å². The number of aromatic nitrogens is 2. The SMILES string of the molecule is O=c1oc(SCc2c3ccccc3nc3ccccc23)nc2ccccc12. The molecule has 0 unspecified atom stereocenters. The van der Waals surface area contributed by atoms with Crippen LogP contribution in [0, 0.1) is 0 Å². The highest BCUT2D eigenvalue weighted by atomic mass is 32.2. The number of nitrogens with zero attached hydrogens (tertiary/aromatic N) is 2. The van der Waals surface area contributed by atoms with Crippen molar-refractivity contribution in [1.29, 1.82) is 0 Å². The lowest BCUT2D eigenvalue weighted by Gasteiger charge is -2.10. The number of hydrogen-bond acceptors (Lipinski definition) is 5. The van der Waals surface area contributed by atoms with Gasteiger partial charge in [0.05, 0.1) is 21.9 Å². The van der Waals surface area contributed by atoms with Crippen molar-refractivity contribution in [2.45, 2.75) is 11.0 Å². The number of hydrogen-bond donors (Lipinski definition) is 0. The minimum absolute atomic E-state index is 0.354. The number of pyridine rings is 1. The average Bonchev–Trinajstić information content (AvgIpc) is 2.71. The van der Waals surface area contributed by atoms with Crippen molar-refractivity contribution < 1.29 is 4.42 Å². The molecule has 4 nitrogen and oxygen atoms in total. The minimum atomic E-state index is -0.354. The molecule has 0 saturated carbocycles.